The number of thiophene rings is 1. The Kier molecular flexibility index (Phi) is 6.66. The predicted octanol–water partition coefficient (Wildman–Crippen LogP) is 4.41. The molecule has 32 heavy (non-hydrogen) atoms. The van der Waals surface area contributed by atoms with Crippen molar-refractivity contribution in [1.29, 1.82) is 0 Å². The lowest BCUT2D eigenvalue weighted by molar-refractivity contribution is -0.122. The summed E-state index contributed by atoms with van der Waals surface area (Å²) in [6.07, 6.45) is 0. The quantitative estimate of drug-likeness (QED) is 0.436. The number of carbonyl (C=O) groups excluding carboxylic acids is 1. The van der Waals surface area contributed by atoms with Gasteiger partial charge in [-0.1, -0.05) is 74.5 Å². The molecule has 0 bridgehead atoms. The fourth-order valence-electron chi connectivity index (χ4n) is 3.62. The Morgan fingerprint density at radius 1 is 1.03 bits per heavy atom. The number of amides is 1. The van der Waals surface area contributed by atoms with Crippen LogP contribution in [0.5, 0.6) is 0 Å². The van der Waals surface area contributed by atoms with Gasteiger partial charge in [0.15, 0.2) is 5.82 Å². The van der Waals surface area contributed by atoms with Gasteiger partial charge in [-0.05, 0) is 34.1 Å². The van der Waals surface area contributed by atoms with Crippen molar-refractivity contribution in [3.63, 3.8) is 0 Å². The van der Waals surface area contributed by atoms with Gasteiger partial charge in [0, 0.05) is 13.1 Å². The lowest BCUT2D eigenvalue weighted by atomic mass is 10.00. The third kappa shape index (κ3) is 4.89. The Bertz CT molecular complexity index is 1240. The number of rotatable bonds is 8. The van der Waals surface area contributed by atoms with Gasteiger partial charge in [0.2, 0.25) is 5.91 Å². The largest absolute Gasteiger partial charge is 0.350 e. The molecule has 0 atom stereocenters. The summed E-state index contributed by atoms with van der Waals surface area (Å²) in [6.45, 7) is 4.93. The molecule has 1 amide bonds. The van der Waals surface area contributed by atoms with Crippen LogP contribution in [0.15, 0.2) is 76.9 Å². The highest BCUT2D eigenvalue weighted by Crippen LogP contribution is 2.24. The monoisotopic (exact) mass is 446 g/mol. The molecular formula is C25H26N4O2S. The van der Waals surface area contributed by atoms with Crippen molar-refractivity contribution in [2.24, 2.45) is 5.92 Å². The highest BCUT2D eigenvalue weighted by atomic mass is 32.1. The smallest absolute Gasteiger partial charge is 0.346 e. The van der Waals surface area contributed by atoms with Gasteiger partial charge >= 0.3 is 5.69 Å². The molecule has 4 aromatic rings. The third-order valence-corrected chi connectivity index (χ3v) is 5.95. The van der Waals surface area contributed by atoms with Gasteiger partial charge in [0.05, 0.1) is 4.88 Å². The summed E-state index contributed by atoms with van der Waals surface area (Å²) < 4.78 is 2.92. The van der Waals surface area contributed by atoms with Crippen LogP contribution >= 0.6 is 11.3 Å². The SMILES string of the molecule is CC(C)Cn1c(-c2cccs2)nn(CC(=O)NCc2ccccc2-c2ccccc2)c1=O. The van der Waals surface area contributed by atoms with E-state index in [1.165, 1.54) is 16.0 Å². The van der Waals surface area contributed by atoms with E-state index >= 15 is 0 Å². The Balaban J connectivity index is 1.51. The molecule has 0 aliphatic rings. The number of hydrogen-bond donors (Lipinski definition) is 1. The van der Waals surface area contributed by atoms with Crippen LogP contribution in [0.3, 0.4) is 0 Å². The first kappa shape index (κ1) is 21.8. The summed E-state index contributed by atoms with van der Waals surface area (Å²) in [5.41, 5.74) is 2.93. The number of hydrogen-bond acceptors (Lipinski definition) is 4. The molecule has 7 heteroatoms. The average Bonchev–Trinajstić information content (AvgIpc) is 3.43. The lowest BCUT2D eigenvalue weighted by Crippen LogP contribution is -2.34. The molecule has 0 aliphatic heterocycles. The molecule has 0 aliphatic carbocycles. The standard InChI is InChI=1S/C25H26N4O2S/c1-18(2)16-28-24(22-13-8-14-32-22)27-29(25(28)31)17-23(30)26-15-20-11-6-7-12-21(20)19-9-4-3-5-10-19/h3-14,18H,15-17H2,1-2H3,(H,26,30). The van der Waals surface area contributed by atoms with Crippen molar-refractivity contribution in [3.05, 3.63) is 88.2 Å². The normalized spacial score (nSPS) is 11.1. The molecular weight excluding hydrogens is 420 g/mol. The van der Waals surface area contributed by atoms with E-state index in [2.05, 4.69) is 24.3 Å². The van der Waals surface area contributed by atoms with Gasteiger partial charge in [-0.3, -0.25) is 9.36 Å². The van der Waals surface area contributed by atoms with E-state index < -0.39 is 0 Å². The number of nitrogens with one attached hydrogen (secondary N) is 1. The first-order chi connectivity index (χ1) is 15.5. The highest BCUT2D eigenvalue weighted by molar-refractivity contribution is 7.13. The second kappa shape index (κ2) is 9.78. The molecule has 1 N–H and O–H groups in total. The number of benzene rings is 2. The van der Waals surface area contributed by atoms with Gasteiger partial charge in [0.1, 0.15) is 6.54 Å². The molecule has 0 unspecified atom stereocenters. The van der Waals surface area contributed by atoms with E-state index in [0.717, 1.165) is 21.6 Å². The highest BCUT2D eigenvalue weighted by Gasteiger charge is 2.18. The second-order valence-corrected chi connectivity index (χ2v) is 8.99. The molecule has 0 saturated heterocycles. The van der Waals surface area contributed by atoms with Gasteiger partial charge in [-0.25, -0.2) is 9.48 Å². The maximum atomic E-state index is 13.0. The molecule has 2 aromatic carbocycles. The first-order valence-corrected chi connectivity index (χ1v) is 11.5. The van der Waals surface area contributed by atoms with Crippen molar-refractivity contribution in [3.8, 4) is 21.8 Å². The van der Waals surface area contributed by atoms with Crippen LogP contribution in [0, 0.1) is 5.92 Å². The Hall–Kier alpha value is -3.45. The number of aromatic nitrogens is 3. The number of carbonyl (C=O) groups is 1. The summed E-state index contributed by atoms with van der Waals surface area (Å²) in [6, 6.07) is 21.9. The fourth-order valence-corrected chi connectivity index (χ4v) is 4.34. The maximum absolute atomic E-state index is 13.0. The van der Waals surface area contributed by atoms with Gasteiger partial charge in [-0.15, -0.1) is 16.4 Å². The Labute approximate surface area is 191 Å². The molecule has 0 spiro atoms. The first-order valence-electron chi connectivity index (χ1n) is 10.6. The van der Waals surface area contributed by atoms with Crippen LogP contribution in [0.25, 0.3) is 21.8 Å². The second-order valence-electron chi connectivity index (χ2n) is 8.05. The van der Waals surface area contributed by atoms with Gasteiger partial charge < -0.3 is 5.32 Å². The molecule has 2 aromatic heterocycles. The molecule has 0 fully saturated rings. The predicted molar refractivity (Wildman–Crippen MR) is 128 cm³/mol. The van der Waals surface area contributed by atoms with Crippen LogP contribution < -0.4 is 11.0 Å². The van der Waals surface area contributed by atoms with Gasteiger partial charge in [-0.2, -0.15) is 0 Å². The summed E-state index contributed by atoms with van der Waals surface area (Å²) in [5.74, 6) is 0.648. The van der Waals surface area contributed by atoms with E-state index in [0.29, 0.717) is 18.9 Å². The topological polar surface area (TPSA) is 68.9 Å². The van der Waals surface area contributed by atoms with Crippen molar-refractivity contribution >= 4 is 17.2 Å². The minimum absolute atomic E-state index is 0.115. The van der Waals surface area contributed by atoms with Crippen LogP contribution in [0.1, 0.15) is 19.4 Å². The molecule has 164 valence electrons. The molecule has 0 radical (unpaired) electrons. The van der Waals surface area contributed by atoms with Crippen LogP contribution in [0.4, 0.5) is 0 Å². The zero-order valence-electron chi connectivity index (χ0n) is 18.2. The van der Waals surface area contributed by atoms with Crippen LogP contribution in [-0.2, 0) is 24.4 Å². The summed E-state index contributed by atoms with van der Waals surface area (Å²) >= 11 is 1.53. The van der Waals surface area contributed by atoms with E-state index in [1.54, 1.807) is 4.57 Å². The summed E-state index contributed by atoms with van der Waals surface area (Å²) in [4.78, 5) is 26.6. The molecule has 2 heterocycles. The van der Waals surface area contributed by atoms with Crippen molar-refractivity contribution < 1.29 is 4.79 Å². The maximum Gasteiger partial charge on any atom is 0.346 e. The molecule has 0 saturated carbocycles. The zero-order chi connectivity index (χ0) is 22.5. The summed E-state index contributed by atoms with van der Waals surface area (Å²) in [5, 5.41) is 9.38. The summed E-state index contributed by atoms with van der Waals surface area (Å²) in [7, 11) is 0. The van der Waals surface area contributed by atoms with Crippen LogP contribution in [-0.4, -0.2) is 20.3 Å². The molecule has 4 rings (SSSR count). The zero-order valence-corrected chi connectivity index (χ0v) is 19.0. The number of nitrogens with zero attached hydrogens (tertiary/aromatic N) is 3. The minimum Gasteiger partial charge on any atom is -0.350 e. The Morgan fingerprint density at radius 3 is 2.50 bits per heavy atom. The molecule has 6 nitrogen and oxygen atoms in total. The Morgan fingerprint density at radius 2 is 1.78 bits per heavy atom. The third-order valence-electron chi connectivity index (χ3n) is 5.08. The lowest BCUT2D eigenvalue weighted by Gasteiger charge is -2.11. The van der Waals surface area contributed by atoms with Gasteiger partial charge in [0.25, 0.3) is 0 Å². The van der Waals surface area contributed by atoms with E-state index in [-0.39, 0.29) is 24.1 Å². The van der Waals surface area contributed by atoms with Crippen molar-refractivity contribution in [1.82, 2.24) is 19.7 Å². The van der Waals surface area contributed by atoms with E-state index in [1.807, 2.05) is 72.1 Å². The van der Waals surface area contributed by atoms with E-state index in [4.69, 9.17) is 0 Å². The van der Waals surface area contributed by atoms with Crippen molar-refractivity contribution in [2.75, 3.05) is 0 Å². The minimum atomic E-state index is -0.262. The van der Waals surface area contributed by atoms with E-state index in [9.17, 15) is 9.59 Å². The van der Waals surface area contributed by atoms with Crippen LogP contribution in [0.2, 0.25) is 0 Å². The van der Waals surface area contributed by atoms with Crippen molar-refractivity contribution in [2.45, 2.75) is 33.5 Å². The average molecular weight is 447 g/mol. The fraction of sp³-hybridized carbons (Fsp3) is 0.240.